The number of carbonyl (C=O) groups is 2. The van der Waals surface area contributed by atoms with Crippen LogP contribution in [0.3, 0.4) is 0 Å². The molecule has 6 heteroatoms. The van der Waals surface area contributed by atoms with Crippen molar-refractivity contribution in [3.05, 3.63) is 114 Å². The van der Waals surface area contributed by atoms with Crippen LogP contribution >= 0.6 is 0 Å². The minimum Gasteiger partial charge on any atom is -0.393 e. The zero-order chi connectivity index (χ0) is 25.1. The van der Waals surface area contributed by atoms with Gasteiger partial charge in [0.15, 0.2) is 5.78 Å². The van der Waals surface area contributed by atoms with E-state index in [1.807, 2.05) is 78.5 Å². The van der Waals surface area contributed by atoms with Gasteiger partial charge in [-0.25, -0.2) is 0 Å². The van der Waals surface area contributed by atoms with E-state index in [0.29, 0.717) is 22.4 Å². The number of rotatable bonds is 6. The monoisotopic (exact) mass is 479 g/mol. The van der Waals surface area contributed by atoms with Crippen LogP contribution in [-0.2, 0) is 0 Å². The molecule has 1 saturated heterocycles. The number of hydrogen-bond donors (Lipinski definition) is 2. The van der Waals surface area contributed by atoms with Crippen molar-refractivity contribution >= 4 is 23.1 Å². The molecule has 1 fully saturated rings. The number of benzene rings is 3. The number of nitrogens with zero attached hydrogens (tertiary/aromatic N) is 2. The first-order chi connectivity index (χ1) is 17.5. The molecular formula is C30H29N3O3. The number of anilines is 2. The fraction of sp³-hybridized carbons (Fsp3) is 0.200. The van der Waals surface area contributed by atoms with Crippen LogP contribution in [0.15, 0.2) is 91.3 Å². The highest BCUT2D eigenvalue weighted by Crippen LogP contribution is 2.22. The molecule has 0 bridgehead atoms. The van der Waals surface area contributed by atoms with Crippen LogP contribution in [0.1, 0.15) is 44.7 Å². The summed E-state index contributed by atoms with van der Waals surface area (Å²) >= 11 is 0. The third-order valence-corrected chi connectivity index (χ3v) is 6.63. The number of hydrogen-bond acceptors (Lipinski definition) is 4. The lowest BCUT2D eigenvalue weighted by Gasteiger charge is -2.31. The Labute approximate surface area is 210 Å². The molecule has 36 heavy (non-hydrogen) atoms. The van der Waals surface area contributed by atoms with E-state index in [1.54, 1.807) is 24.3 Å². The van der Waals surface area contributed by atoms with E-state index in [0.717, 1.165) is 37.3 Å². The SMILES string of the molecule is Cc1ccn(-c2ccc(C(=O)c3ccc(NC(=O)c4ccc(N5CCC(O)CC5)cc4)cc3)cc2)c1. The van der Waals surface area contributed by atoms with Crippen molar-refractivity contribution in [2.24, 2.45) is 0 Å². The van der Waals surface area contributed by atoms with Gasteiger partial charge < -0.3 is 19.9 Å². The summed E-state index contributed by atoms with van der Waals surface area (Å²) in [5.74, 6) is -0.269. The molecule has 0 unspecified atom stereocenters. The van der Waals surface area contributed by atoms with Gasteiger partial charge in [0.05, 0.1) is 6.10 Å². The molecule has 0 saturated carbocycles. The molecule has 2 heterocycles. The van der Waals surface area contributed by atoms with E-state index in [2.05, 4.69) is 10.2 Å². The first-order valence-corrected chi connectivity index (χ1v) is 12.2. The van der Waals surface area contributed by atoms with Gasteiger partial charge in [0.1, 0.15) is 0 Å². The van der Waals surface area contributed by atoms with Crippen LogP contribution in [0, 0.1) is 6.92 Å². The lowest BCUT2D eigenvalue weighted by molar-refractivity contribution is 0.102. The molecule has 3 aromatic carbocycles. The minimum absolute atomic E-state index is 0.0658. The normalized spacial score (nSPS) is 14.0. The molecule has 1 aliphatic rings. The average molecular weight is 480 g/mol. The van der Waals surface area contributed by atoms with Crippen LogP contribution in [0.2, 0.25) is 0 Å². The van der Waals surface area contributed by atoms with Gasteiger partial charge in [-0.2, -0.15) is 0 Å². The standard InChI is InChI=1S/C30H29N3O3/c1-21-14-17-33(20-21)27-10-4-23(5-11-27)29(35)22-2-8-25(9-3-22)31-30(36)24-6-12-26(13-7-24)32-18-15-28(34)16-19-32/h2-14,17,20,28,34H,15-16,18-19H2,1H3,(H,31,36). The van der Waals surface area contributed by atoms with Crippen molar-refractivity contribution in [3.8, 4) is 5.69 Å². The third kappa shape index (κ3) is 5.24. The molecule has 6 nitrogen and oxygen atoms in total. The number of aliphatic hydroxyl groups is 1. The Morgan fingerprint density at radius 2 is 1.33 bits per heavy atom. The Balaban J connectivity index is 1.20. The molecule has 1 aromatic heterocycles. The van der Waals surface area contributed by atoms with Gasteiger partial charge in [0.2, 0.25) is 0 Å². The number of piperidine rings is 1. The number of carbonyl (C=O) groups excluding carboxylic acids is 2. The Morgan fingerprint density at radius 3 is 1.92 bits per heavy atom. The highest BCUT2D eigenvalue weighted by Gasteiger charge is 2.17. The van der Waals surface area contributed by atoms with Crippen molar-refractivity contribution in [1.82, 2.24) is 4.57 Å². The number of amides is 1. The summed E-state index contributed by atoms with van der Waals surface area (Å²) in [5, 5.41) is 12.6. The lowest BCUT2D eigenvalue weighted by atomic mass is 10.0. The van der Waals surface area contributed by atoms with Crippen LogP contribution in [-0.4, -0.2) is 40.6 Å². The third-order valence-electron chi connectivity index (χ3n) is 6.63. The van der Waals surface area contributed by atoms with E-state index in [4.69, 9.17) is 0 Å². The van der Waals surface area contributed by atoms with Gasteiger partial charge in [-0.1, -0.05) is 0 Å². The second-order valence-electron chi connectivity index (χ2n) is 9.27. The minimum atomic E-state index is -0.215. The fourth-order valence-corrected chi connectivity index (χ4v) is 4.47. The van der Waals surface area contributed by atoms with Crippen molar-refractivity contribution < 1.29 is 14.7 Å². The average Bonchev–Trinajstić information content (AvgIpc) is 3.35. The summed E-state index contributed by atoms with van der Waals surface area (Å²) in [5.41, 5.74) is 5.60. The molecule has 0 atom stereocenters. The van der Waals surface area contributed by atoms with E-state index in [-0.39, 0.29) is 17.8 Å². The summed E-state index contributed by atoms with van der Waals surface area (Å²) in [7, 11) is 0. The predicted octanol–water partition coefficient (Wildman–Crippen LogP) is 5.23. The van der Waals surface area contributed by atoms with Crippen LogP contribution in [0.25, 0.3) is 5.69 Å². The Kier molecular flexibility index (Phi) is 6.69. The molecular weight excluding hydrogens is 450 g/mol. The van der Waals surface area contributed by atoms with Crippen molar-refractivity contribution in [2.45, 2.75) is 25.9 Å². The quantitative estimate of drug-likeness (QED) is 0.372. The maximum Gasteiger partial charge on any atom is 0.255 e. The van der Waals surface area contributed by atoms with E-state index < -0.39 is 0 Å². The summed E-state index contributed by atoms with van der Waals surface area (Å²) < 4.78 is 2.02. The Bertz CT molecular complexity index is 1350. The maximum absolute atomic E-state index is 12.9. The maximum atomic E-state index is 12.9. The van der Waals surface area contributed by atoms with Crippen molar-refractivity contribution in [3.63, 3.8) is 0 Å². The van der Waals surface area contributed by atoms with Crippen LogP contribution in [0.5, 0.6) is 0 Å². The van der Waals surface area contributed by atoms with Crippen molar-refractivity contribution in [1.29, 1.82) is 0 Å². The summed E-state index contributed by atoms with van der Waals surface area (Å²) in [4.78, 5) is 27.9. The number of nitrogens with one attached hydrogen (secondary N) is 1. The second-order valence-corrected chi connectivity index (χ2v) is 9.27. The molecule has 5 rings (SSSR count). The summed E-state index contributed by atoms with van der Waals surface area (Å²) in [6, 6.07) is 24.0. The van der Waals surface area contributed by atoms with Gasteiger partial charge in [0.25, 0.3) is 5.91 Å². The second kappa shape index (κ2) is 10.2. The largest absolute Gasteiger partial charge is 0.393 e. The zero-order valence-corrected chi connectivity index (χ0v) is 20.2. The highest BCUT2D eigenvalue weighted by atomic mass is 16.3. The fourth-order valence-electron chi connectivity index (χ4n) is 4.47. The lowest BCUT2D eigenvalue weighted by Crippen LogP contribution is -2.35. The van der Waals surface area contributed by atoms with Crippen LogP contribution < -0.4 is 10.2 Å². The summed E-state index contributed by atoms with van der Waals surface area (Å²) in [6.45, 7) is 3.67. The number of ketones is 1. The molecule has 0 spiro atoms. The van der Waals surface area contributed by atoms with E-state index in [9.17, 15) is 14.7 Å². The zero-order valence-electron chi connectivity index (χ0n) is 20.2. The van der Waals surface area contributed by atoms with Gasteiger partial charge in [-0.3, -0.25) is 9.59 Å². The van der Waals surface area contributed by atoms with Gasteiger partial charge in [-0.05, 0) is 104 Å². The van der Waals surface area contributed by atoms with Crippen LogP contribution in [0.4, 0.5) is 11.4 Å². The van der Waals surface area contributed by atoms with E-state index in [1.165, 1.54) is 5.56 Å². The highest BCUT2D eigenvalue weighted by molar-refractivity contribution is 6.09. The van der Waals surface area contributed by atoms with Gasteiger partial charge in [0, 0.05) is 59.2 Å². The number of aliphatic hydroxyl groups excluding tert-OH is 1. The molecule has 182 valence electrons. The molecule has 1 aliphatic heterocycles. The summed E-state index contributed by atoms with van der Waals surface area (Å²) in [6.07, 6.45) is 5.35. The smallest absolute Gasteiger partial charge is 0.255 e. The first-order valence-electron chi connectivity index (χ1n) is 12.2. The molecule has 2 N–H and O–H groups in total. The number of aromatic nitrogens is 1. The van der Waals surface area contributed by atoms with Gasteiger partial charge >= 0.3 is 0 Å². The Hall–Kier alpha value is -4.16. The predicted molar refractivity (Wildman–Crippen MR) is 142 cm³/mol. The first kappa shape index (κ1) is 23.6. The van der Waals surface area contributed by atoms with Gasteiger partial charge in [-0.15, -0.1) is 0 Å². The van der Waals surface area contributed by atoms with Crippen molar-refractivity contribution in [2.75, 3.05) is 23.3 Å². The number of aryl methyl sites for hydroxylation is 1. The topological polar surface area (TPSA) is 74.6 Å². The molecule has 1 amide bonds. The molecule has 4 aromatic rings. The molecule has 0 radical (unpaired) electrons. The Morgan fingerprint density at radius 1 is 0.778 bits per heavy atom. The van der Waals surface area contributed by atoms with E-state index >= 15 is 0 Å². The molecule has 0 aliphatic carbocycles.